The average molecular weight is 196 g/mol. The lowest BCUT2D eigenvalue weighted by Gasteiger charge is -1.94. The van der Waals surface area contributed by atoms with Crippen molar-refractivity contribution < 1.29 is 0 Å². The third kappa shape index (κ3) is 1.27. The average Bonchev–Trinajstić information content (AvgIpc) is 2.74. The molecule has 0 saturated heterocycles. The van der Waals surface area contributed by atoms with Gasteiger partial charge in [-0.1, -0.05) is 6.07 Å². The number of nitrogens with zero attached hydrogens (tertiary/aromatic N) is 3. The maximum atomic E-state index is 4.26. The Bertz CT molecular complexity index is 586. The Balaban J connectivity index is 2.28. The predicted molar refractivity (Wildman–Crippen MR) is 57.1 cm³/mol. The van der Waals surface area contributed by atoms with Gasteiger partial charge in [0, 0.05) is 24.0 Å². The van der Waals surface area contributed by atoms with Gasteiger partial charge in [-0.15, -0.1) is 0 Å². The SMILES string of the molecule is c1ccc(-c2n[nH]c3ccncc23)nc1. The van der Waals surface area contributed by atoms with Crippen LogP contribution in [-0.2, 0) is 0 Å². The molecule has 0 aliphatic rings. The van der Waals surface area contributed by atoms with Crippen LogP contribution in [0.15, 0.2) is 42.9 Å². The number of aromatic amines is 1. The first-order valence-electron chi connectivity index (χ1n) is 4.64. The second-order valence-corrected chi connectivity index (χ2v) is 3.21. The minimum atomic E-state index is 0.846. The topological polar surface area (TPSA) is 54.5 Å². The molecule has 0 fully saturated rings. The maximum Gasteiger partial charge on any atom is 0.120 e. The Morgan fingerprint density at radius 3 is 2.93 bits per heavy atom. The van der Waals surface area contributed by atoms with E-state index in [1.807, 2.05) is 24.3 Å². The Hall–Kier alpha value is -2.23. The predicted octanol–water partition coefficient (Wildman–Crippen LogP) is 2.02. The first kappa shape index (κ1) is 8.11. The van der Waals surface area contributed by atoms with Crippen LogP contribution in [0.1, 0.15) is 0 Å². The second-order valence-electron chi connectivity index (χ2n) is 3.21. The van der Waals surface area contributed by atoms with E-state index in [1.54, 1.807) is 18.6 Å². The summed E-state index contributed by atoms with van der Waals surface area (Å²) in [6.45, 7) is 0. The molecular formula is C11H8N4. The summed E-state index contributed by atoms with van der Waals surface area (Å²) < 4.78 is 0. The third-order valence-corrected chi connectivity index (χ3v) is 2.27. The summed E-state index contributed by atoms with van der Waals surface area (Å²) in [7, 11) is 0. The lowest BCUT2D eigenvalue weighted by molar-refractivity contribution is 1.11. The number of fused-ring (bicyclic) bond motifs is 1. The van der Waals surface area contributed by atoms with E-state index in [4.69, 9.17) is 0 Å². The van der Waals surface area contributed by atoms with E-state index in [0.717, 1.165) is 22.3 Å². The van der Waals surface area contributed by atoms with Gasteiger partial charge in [0.1, 0.15) is 5.69 Å². The van der Waals surface area contributed by atoms with E-state index in [0.29, 0.717) is 0 Å². The van der Waals surface area contributed by atoms with Crippen LogP contribution >= 0.6 is 0 Å². The van der Waals surface area contributed by atoms with Gasteiger partial charge in [0.15, 0.2) is 0 Å². The molecule has 0 radical (unpaired) electrons. The van der Waals surface area contributed by atoms with Gasteiger partial charge in [-0.3, -0.25) is 15.1 Å². The van der Waals surface area contributed by atoms with Gasteiger partial charge in [0.05, 0.1) is 11.2 Å². The molecule has 4 nitrogen and oxygen atoms in total. The molecule has 72 valence electrons. The Morgan fingerprint density at radius 2 is 2.07 bits per heavy atom. The van der Waals surface area contributed by atoms with E-state index in [1.165, 1.54) is 0 Å². The summed E-state index contributed by atoms with van der Waals surface area (Å²) in [6.07, 6.45) is 5.29. The summed E-state index contributed by atoms with van der Waals surface area (Å²) in [4.78, 5) is 8.34. The highest BCUT2D eigenvalue weighted by Crippen LogP contribution is 2.22. The normalized spacial score (nSPS) is 10.7. The molecule has 0 saturated carbocycles. The summed E-state index contributed by atoms with van der Waals surface area (Å²) in [6, 6.07) is 7.66. The van der Waals surface area contributed by atoms with Crippen molar-refractivity contribution in [3.63, 3.8) is 0 Å². The van der Waals surface area contributed by atoms with Crippen molar-refractivity contribution in [2.24, 2.45) is 0 Å². The summed E-state index contributed by atoms with van der Waals surface area (Å²) in [5, 5.41) is 8.19. The number of nitrogens with one attached hydrogen (secondary N) is 1. The molecule has 3 rings (SSSR count). The molecule has 0 aliphatic carbocycles. The number of hydrogen-bond donors (Lipinski definition) is 1. The summed E-state index contributed by atoms with van der Waals surface area (Å²) in [5.41, 5.74) is 2.68. The van der Waals surface area contributed by atoms with E-state index in [-0.39, 0.29) is 0 Å². The maximum absolute atomic E-state index is 4.26. The molecule has 0 bridgehead atoms. The molecule has 0 spiro atoms. The molecule has 3 heterocycles. The second kappa shape index (κ2) is 3.16. The Morgan fingerprint density at radius 1 is 1.07 bits per heavy atom. The van der Waals surface area contributed by atoms with Gasteiger partial charge >= 0.3 is 0 Å². The lowest BCUT2D eigenvalue weighted by Crippen LogP contribution is -1.82. The van der Waals surface area contributed by atoms with Crippen molar-refractivity contribution in [1.82, 2.24) is 20.2 Å². The van der Waals surface area contributed by atoms with Gasteiger partial charge in [-0.25, -0.2) is 0 Å². The van der Waals surface area contributed by atoms with Gasteiger partial charge in [0.25, 0.3) is 0 Å². The summed E-state index contributed by atoms with van der Waals surface area (Å²) in [5.74, 6) is 0. The molecule has 0 unspecified atom stereocenters. The van der Waals surface area contributed by atoms with Crippen molar-refractivity contribution >= 4 is 10.9 Å². The van der Waals surface area contributed by atoms with Crippen molar-refractivity contribution in [3.05, 3.63) is 42.9 Å². The third-order valence-electron chi connectivity index (χ3n) is 2.27. The first-order valence-corrected chi connectivity index (χ1v) is 4.64. The fourth-order valence-corrected chi connectivity index (χ4v) is 1.56. The zero-order chi connectivity index (χ0) is 10.1. The lowest BCUT2D eigenvalue weighted by atomic mass is 10.2. The molecule has 4 heteroatoms. The highest BCUT2D eigenvalue weighted by atomic mass is 15.1. The largest absolute Gasteiger partial charge is 0.277 e. The van der Waals surface area contributed by atoms with Crippen LogP contribution in [0.4, 0.5) is 0 Å². The highest BCUT2D eigenvalue weighted by molar-refractivity contribution is 5.90. The number of H-pyrrole nitrogens is 1. The molecule has 15 heavy (non-hydrogen) atoms. The molecule has 0 atom stereocenters. The summed E-state index contributed by atoms with van der Waals surface area (Å²) >= 11 is 0. The number of pyridine rings is 2. The van der Waals surface area contributed by atoms with Crippen LogP contribution in [0.5, 0.6) is 0 Å². The van der Waals surface area contributed by atoms with Crippen LogP contribution in [0.2, 0.25) is 0 Å². The molecular weight excluding hydrogens is 188 g/mol. The van der Waals surface area contributed by atoms with Gasteiger partial charge in [-0.05, 0) is 18.2 Å². The highest BCUT2D eigenvalue weighted by Gasteiger charge is 2.07. The smallest absolute Gasteiger partial charge is 0.120 e. The molecule has 0 amide bonds. The zero-order valence-electron chi connectivity index (χ0n) is 7.88. The van der Waals surface area contributed by atoms with E-state index in [9.17, 15) is 0 Å². The number of hydrogen-bond acceptors (Lipinski definition) is 3. The number of aromatic nitrogens is 4. The van der Waals surface area contributed by atoms with Crippen LogP contribution in [0.3, 0.4) is 0 Å². The molecule has 0 aromatic carbocycles. The van der Waals surface area contributed by atoms with Crippen molar-refractivity contribution in [2.45, 2.75) is 0 Å². The molecule has 1 N–H and O–H groups in total. The van der Waals surface area contributed by atoms with Gasteiger partial charge in [0.2, 0.25) is 0 Å². The zero-order valence-corrected chi connectivity index (χ0v) is 7.88. The molecule has 3 aromatic rings. The van der Waals surface area contributed by atoms with E-state index in [2.05, 4.69) is 20.2 Å². The fourth-order valence-electron chi connectivity index (χ4n) is 1.56. The quantitative estimate of drug-likeness (QED) is 0.647. The number of rotatable bonds is 1. The minimum Gasteiger partial charge on any atom is -0.277 e. The fraction of sp³-hybridized carbons (Fsp3) is 0. The van der Waals surface area contributed by atoms with Gasteiger partial charge in [-0.2, -0.15) is 5.10 Å². The van der Waals surface area contributed by atoms with Crippen molar-refractivity contribution in [2.75, 3.05) is 0 Å². The monoisotopic (exact) mass is 196 g/mol. The van der Waals surface area contributed by atoms with Gasteiger partial charge < -0.3 is 0 Å². The van der Waals surface area contributed by atoms with Crippen LogP contribution in [-0.4, -0.2) is 20.2 Å². The van der Waals surface area contributed by atoms with Crippen LogP contribution < -0.4 is 0 Å². The molecule has 3 aromatic heterocycles. The first-order chi connectivity index (χ1) is 7.45. The van der Waals surface area contributed by atoms with Crippen molar-refractivity contribution in [1.29, 1.82) is 0 Å². The standard InChI is InChI=1S/C11H8N4/c1-2-5-13-10(3-1)11-8-7-12-6-4-9(8)14-15-11/h1-7H,(H,14,15). The van der Waals surface area contributed by atoms with Crippen molar-refractivity contribution in [3.8, 4) is 11.4 Å². The van der Waals surface area contributed by atoms with E-state index >= 15 is 0 Å². The Labute approximate surface area is 86.0 Å². The van der Waals surface area contributed by atoms with Crippen LogP contribution in [0.25, 0.3) is 22.3 Å². The Kier molecular flexibility index (Phi) is 1.71. The molecule has 0 aliphatic heterocycles. The van der Waals surface area contributed by atoms with Crippen LogP contribution in [0, 0.1) is 0 Å². The minimum absolute atomic E-state index is 0.846. The van der Waals surface area contributed by atoms with E-state index < -0.39 is 0 Å².